The molecule has 1 aliphatic rings. The highest BCUT2D eigenvalue weighted by molar-refractivity contribution is 7.15. The first-order valence-electron chi connectivity index (χ1n) is 7.49. The van der Waals surface area contributed by atoms with Gasteiger partial charge >= 0.3 is 6.03 Å². The number of ether oxygens (including phenoxy) is 1. The smallest absolute Gasteiger partial charge is 0.325 e. The van der Waals surface area contributed by atoms with Crippen LogP contribution in [-0.4, -0.2) is 48.6 Å². The molecule has 24 heavy (non-hydrogen) atoms. The van der Waals surface area contributed by atoms with Gasteiger partial charge in [-0.2, -0.15) is 0 Å². The van der Waals surface area contributed by atoms with E-state index in [0.717, 1.165) is 16.3 Å². The van der Waals surface area contributed by atoms with Crippen molar-refractivity contribution in [3.05, 3.63) is 35.3 Å². The summed E-state index contributed by atoms with van der Waals surface area (Å²) in [6.07, 6.45) is 1.70. The Morgan fingerprint density at radius 2 is 2.08 bits per heavy atom. The molecule has 0 atom stereocenters. The molecule has 0 radical (unpaired) electrons. The molecule has 3 amide bonds. The number of aryl methyl sites for hydroxylation is 1. The zero-order chi connectivity index (χ0) is 17.1. The predicted molar refractivity (Wildman–Crippen MR) is 92.8 cm³/mol. The standard InChI is InChI=1S/C16H18N4O3S/c1-11-9-17-15(24-11)18-14(21)10-19-7-8-20(16(19)22)12-3-5-13(23-2)6-4-12/h3-6,9H,7-8,10H2,1-2H3,(H,17,18,21). The highest BCUT2D eigenvalue weighted by atomic mass is 32.1. The van der Waals surface area contributed by atoms with Crippen molar-refractivity contribution in [2.24, 2.45) is 0 Å². The molecule has 2 heterocycles. The fraction of sp³-hybridized carbons (Fsp3) is 0.312. The van der Waals surface area contributed by atoms with Crippen LogP contribution in [0.5, 0.6) is 5.75 Å². The number of aromatic nitrogens is 1. The second kappa shape index (κ2) is 6.88. The molecular formula is C16H18N4O3S. The van der Waals surface area contributed by atoms with Crippen molar-refractivity contribution in [2.45, 2.75) is 6.92 Å². The number of rotatable bonds is 5. The van der Waals surface area contributed by atoms with Crippen LogP contribution in [0, 0.1) is 6.92 Å². The van der Waals surface area contributed by atoms with Gasteiger partial charge in [0.15, 0.2) is 5.13 Å². The van der Waals surface area contributed by atoms with Crippen LogP contribution in [0.3, 0.4) is 0 Å². The minimum atomic E-state index is -0.241. The Kier molecular flexibility index (Phi) is 4.66. The Hall–Kier alpha value is -2.61. The van der Waals surface area contributed by atoms with Crippen LogP contribution in [-0.2, 0) is 4.79 Å². The van der Waals surface area contributed by atoms with Gasteiger partial charge in [-0.05, 0) is 31.2 Å². The normalized spacial score (nSPS) is 14.2. The van der Waals surface area contributed by atoms with E-state index in [1.807, 2.05) is 31.2 Å². The lowest BCUT2D eigenvalue weighted by Gasteiger charge is -2.18. The topological polar surface area (TPSA) is 74.8 Å². The Labute approximate surface area is 143 Å². The quantitative estimate of drug-likeness (QED) is 0.902. The number of hydrogen-bond donors (Lipinski definition) is 1. The maximum Gasteiger partial charge on any atom is 0.325 e. The monoisotopic (exact) mass is 346 g/mol. The number of carbonyl (C=O) groups excluding carboxylic acids is 2. The van der Waals surface area contributed by atoms with Crippen molar-refractivity contribution in [2.75, 3.05) is 37.0 Å². The number of anilines is 2. The molecule has 1 aromatic heterocycles. The molecule has 0 bridgehead atoms. The van der Waals surface area contributed by atoms with Crippen molar-refractivity contribution < 1.29 is 14.3 Å². The number of urea groups is 1. The fourth-order valence-electron chi connectivity index (χ4n) is 2.48. The van der Waals surface area contributed by atoms with E-state index in [0.29, 0.717) is 18.2 Å². The van der Waals surface area contributed by atoms with Crippen LogP contribution < -0.4 is 15.0 Å². The minimum absolute atomic E-state index is 0.0180. The molecule has 0 unspecified atom stereocenters. The van der Waals surface area contributed by atoms with E-state index in [2.05, 4.69) is 10.3 Å². The molecule has 3 rings (SSSR count). The zero-order valence-corrected chi connectivity index (χ0v) is 14.3. The van der Waals surface area contributed by atoms with Gasteiger partial charge in [0.25, 0.3) is 0 Å². The third-order valence-electron chi connectivity index (χ3n) is 3.68. The SMILES string of the molecule is COc1ccc(N2CCN(CC(=O)Nc3ncc(C)s3)C2=O)cc1. The number of methoxy groups -OCH3 is 1. The lowest BCUT2D eigenvalue weighted by atomic mass is 10.3. The van der Waals surface area contributed by atoms with E-state index in [4.69, 9.17) is 4.74 Å². The van der Waals surface area contributed by atoms with Crippen molar-refractivity contribution in [1.82, 2.24) is 9.88 Å². The first kappa shape index (κ1) is 16.3. The highest BCUT2D eigenvalue weighted by Gasteiger charge is 2.30. The van der Waals surface area contributed by atoms with E-state index >= 15 is 0 Å². The molecule has 1 saturated heterocycles. The molecule has 7 nitrogen and oxygen atoms in total. The summed E-state index contributed by atoms with van der Waals surface area (Å²) in [6.45, 7) is 3.00. The van der Waals surface area contributed by atoms with Gasteiger partial charge in [-0.25, -0.2) is 9.78 Å². The first-order chi connectivity index (χ1) is 11.6. The third kappa shape index (κ3) is 3.48. The second-order valence-corrected chi connectivity index (χ2v) is 6.61. The molecule has 0 spiro atoms. The maximum atomic E-state index is 12.5. The van der Waals surface area contributed by atoms with Crippen LogP contribution in [0.2, 0.25) is 0 Å². The summed E-state index contributed by atoms with van der Waals surface area (Å²) in [4.78, 5) is 32.8. The van der Waals surface area contributed by atoms with Crippen LogP contribution in [0.15, 0.2) is 30.5 Å². The fourth-order valence-corrected chi connectivity index (χ4v) is 3.16. The largest absolute Gasteiger partial charge is 0.497 e. The molecule has 126 valence electrons. The van der Waals surface area contributed by atoms with Crippen molar-refractivity contribution >= 4 is 34.1 Å². The molecule has 1 aromatic carbocycles. The average molecular weight is 346 g/mol. The van der Waals surface area contributed by atoms with Gasteiger partial charge < -0.3 is 15.0 Å². The molecule has 0 saturated carbocycles. The summed E-state index contributed by atoms with van der Waals surface area (Å²) in [5.41, 5.74) is 0.791. The number of benzene rings is 1. The molecule has 0 aliphatic carbocycles. The van der Waals surface area contributed by atoms with Gasteiger partial charge in [-0.15, -0.1) is 11.3 Å². The number of amides is 3. The van der Waals surface area contributed by atoms with Gasteiger partial charge in [-0.1, -0.05) is 0 Å². The molecule has 1 N–H and O–H groups in total. The molecule has 8 heteroatoms. The van der Waals surface area contributed by atoms with Crippen molar-refractivity contribution in [1.29, 1.82) is 0 Å². The average Bonchev–Trinajstić information content (AvgIpc) is 3.14. The lowest BCUT2D eigenvalue weighted by molar-refractivity contribution is -0.116. The summed E-state index contributed by atoms with van der Waals surface area (Å²) in [5, 5.41) is 3.27. The van der Waals surface area contributed by atoms with E-state index < -0.39 is 0 Å². The number of thiazole rings is 1. The highest BCUT2D eigenvalue weighted by Crippen LogP contribution is 2.23. The molecule has 1 fully saturated rings. The zero-order valence-electron chi connectivity index (χ0n) is 13.5. The maximum absolute atomic E-state index is 12.5. The lowest BCUT2D eigenvalue weighted by Crippen LogP contribution is -2.37. The van der Waals surface area contributed by atoms with Gasteiger partial charge in [0.1, 0.15) is 12.3 Å². The summed E-state index contributed by atoms with van der Waals surface area (Å²) < 4.78 is 5.12. The number of carbonyl (C=O) groups is 2. The van der Waals surface area contributed by atoms with E-state index in [9.17, 15) is 9.59 Å². The summed E-state index contributed by atoms with van der Waals surface area (Å²) in [5.74, 6) is 0.495. The second-order valence-electron chi connectivity index (χ2n) is 5.38. The Balaban J connectivity index is 1.60. The van der Waals surface area contributed by atoms with E-state index in [1.165, 1.54) is 16.2 Å². The Morgan fingerprint density at radius 1 is 1.33 bits per heavy atom. The number of nitrogens with one attached hydrogen (secondary N) is 1. The summed E-state index contributed by atoms with van der Waals surface area (Å²) >= 11 is 1.41. The minimum Gasteiger partial charge on any atom is -0.497 e. The summed E-state index contributed by atoms with van der Waals surface area (Å²) in [6, 6.07) is 7.11. The van der Waals surface area contributed by atoms with Crippen LogP contribution in [0.1, 0.15) is 4.88 Å². The van der Waals surface area contributed by atoms with Gasteiger partial charge in [0.05, 0.1) is 7.11 Å². The predicted octanol–water partition coefficient (Wildman–Crippen LogP) is 2.34. The third-order valence-corrected chi connectivity index (χ3v) is 4.51. The van der Waals surface area contributed by atoms with Crippen LogP contribution in [0.25, 0.3) is 0 Å². The summed E-state index contributed by atoms with van der Waals surface area (Å²) in [7, 11) is 1.60. The molecular weight excluding hydrogens is 328 g/mol. The Morgan fingerprint density at radius 3 is 2.71 bits per heavy atom. The van der Waals surface area contributed by atoms with Crippen molar-refractivity contribution in [3.63, 3.8) is 0 Å². The van der Waals surface area contributed by atoms with Crippen LogP contribution >= 0.6 is 11.3 Å². The number of nitrogens with zero attached hydrogens (tertiary/aromatic N) is 3. The van der Waals surface area contributed by atoms with Crippen molar-refractivity contribution in [3.8, 4) is 5.75 Å². The Bertz CT molecular complexity index is 744. The molecule has 2 aromatic rings. The van der Waals surface area contributed by atoms with Gasteiger partial charge in [0, 0.05) is 29.9 Å². The first-order valence-corrected chi connectivity index (χ1v) is 8.31. The van der Waals surface area contributed by atoms with E-state index in [1.54, 1.807) is 18.2 Å². The molecule has 1 aliphatic heterocycles. The number of hydrogen-bond acceptors (Lipinski definition) is 5. The van der Waals surface area contributed by atoms with Gasteiger partial charge in [-0.3, -0.25) is 9.69 Å². The van der Waals surface area contributed by atoms with E-state index in [-0.39, 0.29) is 18.5 Å². The van der Waals surface area contributed by atoms with Gasteiger partial charge in [0.2, 0.25) is 5.91 Å². The van der Waals surface area contributed by atoms with Crippen LogP contribution in [0.4, 0.5) is 15.6 Å².